The Balaban J connectivity index is 1.58. The summed E-state index contributed by atoms with van der Waals surface area (Å²) in [6.07, 6.45) is 0.761. The second-order valence-corrected chi connectivity index (χ2v) is 8.21. The number of nitrogens with zero attached hydrogens (tertiary/aromatic N) is 1. The Hall–Kier alpha value is -3.60. The van der Waals surface area contributed by atoms with Crippen LogP contribution in [0.2, 0.25) is 0 Å². The van der Waals surface area contributed by atoms with Crippen molar-refractivity contribution in [2.24, 2.45) is 0 Å². The van der Waals surface area contributed by atoms with Gasteiger partial charge in [0.25, 0.3) is 0 Å². The monoisotopic (exact) mass is 413 g/mol. The summed E-state index contributed by atoms with van der Waals surface area (Å²) in [5.74, 6) is -0.289. The van der Waals surface area contributed by atoms with Gasteiger partial charge < -0.3 is 15.2 Å². The third-order valence-electron chi connectivity index (χ3n) is 6.12. The van der Waals surface area contributed by atoms with Gasteiger partial charge in [-0.2, -0.15) is 0 Å². The van der Waals surface area contributed by atoms with Crippen LogP contribution in [-0.4, -0.2) is 22.5 Å². The van der Waals surface area contributed by atoms with E-state index in [-0.39, 0.29) is 17.9 Å². The van der Waals surface area contributed by atoms with Gasteiger partial charge in [-0.3, -0.25) is 0 Å². The fourth-order valence-corrected chi connectivity index (χ4v) is 4.51. The number of halogens is 1. The summed E-state index contributed by atoms with van der Waals surface area (Å²) in [5, 5.41) is 4.28. The summed E-state index contributed by atoms with van der Waals surface area (Å²) in [6.45, 7) is 4.57. The van der Waals surface area contributed by atoms with Gasteiger partial charge in [0.15, 0.2) is 0 Å². The van der Waals surface area contributed by atoms with E-state index in [1.165, 1.54) is 23.1 Å². The lowest BCUT2D eigenvalue weighted by molar-refractivity contribution is 0.193. The predicted molar refractivity (Wildman–Crippen MR) is 122 cm³/mol. The van der Waals surface area contributed by atoms with E-state index >= 15 is 0 Å². The molecule has 1 aromatic heterocycles. The smallest absolute Gasteiger partial charge is 0.322 e. The number of benzene rings is 3. The van der Waals surface area contributed by atoms with E-state index in [0.29, 0.717) is 6.54 Å². The van der Waals surface area contributed by atoms with Gasteiger partial charge in [-0.1, -0.05) is 42.5 Å². The van der Waals surface area contributed by atoms with Crippen LogP contribution < -0.4 is 5.32 Å². The summed E-state index contributed by atoms with van der Waals surface area (Å²) >= 11 is 0. The SMILES string of the molecule is Cc1ccc(C)c(NC(=O)N2CCc3c([nH]c4ccccc34)[C@@H]2c2ccc(F)cc2)c1. The Kier molecular flexibility index (Phi) is 4.74. The Labute approximate surface area is 180 Å². The molecule has 0 radical (unpaired) electrons. The number of rotatable bonds is 2. The zero-order valence-corrected chi connectivity index (χ0v) is 17.6. The van der Waals surface area contributed by atoms with Crippen LogP contribution in [0.5, 0.6) is 0 Å². The first-order valence-electron chi connectivity index (χ1n) is 10.5. The van der Waals surface area contributed by atoms with E-state index in [1.807, 2.05) is 49.1 Å². The van der Waals surface area contributed by atoms with Gasteiger partial charge in [0.05, 0.1) is 6.04 Å². The van der Waals surface area contributed by atoms with Crippen molar-refractivity contribution in [2.45, 2.75) is 26.3 Å². The van der Waals surface area contributed by atoms with Gasteiger partial charge in [-0.15, -0.1) is 0 Å². The largest absolute Gasteiger partial charge is 0.356 e. The second-order valence-electron chi connectivity index (χ2n) is 8.21. The number of anilines is 1. The number of carbonyl (C=O) groups is 1. The fourth-order valence-electron chi connectivity index (χ4n) is 4.51. The Morgan fingerprint density at radius 2 is 1.84 bits per heavy atom. The molecule has 0 fully saturated rings. The van der Waals surface area contributed by atoms with Crippen molar-refractivity contribution < 1.29 is 9.18 Å². The minimum atomic E-state index is -0.318. The van der Waals surface area contributed by atoms with Crippen molar-refractivity contribution in [3.8, 4) is 0 Å². The van der Waals surface area contributed by atoms with Crippen molar-refractivity contribution in [1.29, 1.82) is 0 Å². The van der Waals surface area contributed by atoms with Crippen molar-refractivity contribution in [3.05, 3.63) is 100 Å². The van der Waals surface area contributed by atoms with Crippen molar-refractivity contribution in [3.63, 3.8) is 0 Å². The molecule has 0 bridgehead atoms. The van der Waals surface area contributed by atoms with E-state index in [4.69, 9.17) is 0 Å². The van der Waals surface area contributed by atoms with Crippen LogP contribution in [0.1, 0.15) is 34.0 Å². The molecule has 1 aliphatic rings. The van der Waals surface area contributed by atoms with Gasteiger partial charge >= 0.3 is 6.03 Å². The molecule has 5 heteroatoms. The number of hydrogen-bond donors (Lipinski definition) is 2. The van der Waals surface area contributed by atoms with Crippen LogP contribution in [-0.2, 0) is 6.42 Å². The first-order valence-corrected chi connectivity index (χ1v) is 10.5. The van der Waals surface area contributed by atoms with E-state index < -0.39 is 0 Å². The van der Waals surface area contributed by atoms with Crippen molar-refractivity contribution >= 4 is 22.6 Å². The highest BCUT2D eigenvalue weighted by atomic mass is 19.1. The molecule has 2 heterocycles. The Bertz CT molecular complexity index is 1280. The lowest BCUT2D eigenvalue weighted by Crippen LogP contribution is -2.43. The van der Waals surface area contributed by atoms with Crippen LogP contribution in [0.15, 0.2) is 66.7 Å². The molecule has 0 saturated carbocycles. The highest BCUT2D eigenvalue weighted by molar-refractivity contribution is 5.92. The number of urea groups is 1. The number of fused-ring (bicyclic) bond motifs is 3. The van der Waals surface area contributed by atoms with Crippen molar-refractivity contribution in [1.82, 2.24) is 9.88 Å². The number of aromatic amines is 1. The quantitative estimate of drug-likeness (QED) is 0.410. The average Bonchev–Trinajstić information content (AvgIpc) is 3.15. The maximum Gasteiger partial charge on any atom is 0.322 e. The number of H-pyrrole nitrogens is 1. The minimum absolute atomic E-state index is 0.160. The average molecular weight is 413 g/mol. The van der Waals surface area contributed by atoms with Crippen LogP contribution in [0.4, 0.5) is 14.9 Å². The van der Waals surface area contributed by atoms with E-state index in [2.05, 4.69) is 22.4 Å². The molecule has 2 amide bonds. The molecule has 3 aromatic carbocycles. The number of aryl methyl sites for hydroxylation is 2. The molecule has 2 N–H and O–H groups in total. The molecule has 4 nitrogen and oxygen atoms in total. The van der Waals surface area contributed by atoms with Crippen LogP contribution in [0.25, 0.3) is 10.9 Å². The first-order chi connectivity index (χ1) is 15.0. The summed E-state index contributed by atoms with van der Waals surface area (Å²) in [7, 11) is 0. The highest BCUT2D eigenvalue weighted by Gasteiger charge is 2.34. The minimum Gasteiger partial charge on any atom is -0.356 e. The van der Waals surface area contributed by atoms with Crippen LogP contribution >= 0.6 is 0 Å². The van der Waals surface area contributed by atoms with E-state index in [1.54, 1.807) is 12.1 Å². The molecule has 4 aromatic rings. The Morgan fingerprint density at radius 1 is 1.06 bits per heavy atom. The molecule has 0 spiro atoms. The third kappa shape index (κ3) is 3.46. The fraction of sp³-hybridized carbons (Fsp3) is 0.192. The number of amides is 2. The number of hydrogen-bond acceptors (Lipinski definition) is 1. The van der Waals surface area contributed by atoms with Crippen LogP contribution in [0, 0.1) is 19.7 Å². The molecule has 0 saturated heterocycles. The summed E-state index contributed by atoms with van der Waals surface area (Å²) in [6, 6.07) is 20.2. The zero-order valence-electron chi connectivity index (χ0n) is 17.6. The molecule has 1 atom stereocenters. The van der Waals surface area contributed by atoms with E-state index in [0.717, 1.165) is 40.0 Å². The number of aromatic nitrogens is 1. The highest BCUT2D eigenvalue weighted by Crippen LogP contribution is 2.38. The van der Waals surface area contributed by atoms with Crippen LogP contribution in [0.3, 0.4) is 0 Å². The maximum atomic E-state index is 13.6. The molecule has 1 aliphatic heterocycles. The molecule has 156 valence electrons. The zero-order chi connectivity index (χ0) is 21.5. The molecule has 0 aliphatic carbocycles. The standard InChI is InChI=1S/C26H24FN3O/c1-16-7-8-17(2)23(15-16)29-26(31)30-14-13-21-20-5-3-4-6-22(20)28-24(21)25(30)18-9-11-19(27)12-10-18/h3-12,15,25,28H,13-14H2,1-2H3,(H,29,31)/t25-/m0/s1. The Morgan fingerprint density at radius 3 is 2.65 bits per heavy atom. The van der Waals surface area contributed by atoms with Crippen molar-refractivity contribution in [2.75, 3.05) is 11.9 Å². The van der Waals surface area contributed by atoms with Gasteiger partial charge in [0.2, 0.25) is 0 Å². The lowest BCUT2D eigenvalue weighted by Gasteiger charge is -2.36. The third-order valence-corrected chi connectivity index (χ3v) is 6.12. The molecule has 0 unspecified atom stereocenters. The molecule has 31 heavy (non-hydrogen) atoms. The lowest BCUT2D eigenvalue weighted by atomic mass is 9.92. The van der Waals surface area contributed by atoms with Gasteiger partial charge in [0.1, 0.15) is 5.82 Å². The normalized spacial score (nSPS) is 15.7. The van der Waals surface area contributed by atoms with Gasteiger partial charge in [0, 0.05) is 28.8 Å². The summed E-state index contributed by atoms with van der Waals surface area (Å²) in [4.78, 5) is 18.8. The number of nitrogens with one attached hydrogen (secondary N) is 2. The predicted octanol–water partition coefficient (Wildman–Crippen LogP) is 6.10. The maximum absolute atomic E-state index is 13.6. The van der Waals surface area contributed by atoms with Gasteiger partial charge in [-0.05, 0) is 66.8 Å². The van der Waals surface area contributed by atoms with E-state index in [9.17, 15) is 9.18 Å². The first kappa shape index (κ1) is 19.4. The summed E-state index contributed by atoms with van der Waals surface area (Å²) < 4.78 is 13.6. The molecular weight excluding hydrogens is 389 g/mol. The second kappa shape index (κ2) is 7.58. The topological polar surface area (TPSA) is 48.1 Å². The van der Waals surface area contributed by atoms with Gasteiger partial charge in [-0.25, -0.2) is 9.18 Å². The number of para-hydroxylation sites is 1. The number of carbonyl (C=O) groups excluding carboxylic acids is 1. The molecule has 5 rings (SSSR count). The summed E-state index contributed by atoms with van der Waals surface area (Å²) in [5.41, 5.74) is 7.07. The molecular formula is C26H24FN3O.